The zero-order valence-corrected chi connectivity index (χ0v) is 18.2. The van der Waals surface area contributed by atoms with Crippen molar-refractivity contribution < 1.29 is 19.2 Å². The van der Waals surface area contributed by atoms with Crippen LogP contribution in [0.25, 0.3) is 0 Å². The van der Waals surface area contributed by atoms with Gasteiger partial charge in [-0.15, -0.1) is 11.3 Å². The molecule has 1 aromatic rings. The van der Waals surface area contributed by atoms with E-state index in [9.17, 15) is 19.2 Å². The molecule has 0 bridgehead atoms. The molecule has 4 aliphatic rings. The average Bonchev–Trinajstić information content (AvgIpc) is 3.52. The summed E-state index contributed by atoms with van der Waals surface area (Å²) in [6, 6.07) is 1.72. The molecule has 4 fully saturated rings. The number of hydrogen-bond donors (Lipinski definition) is 2. The Morgan fingerprint density at radius 3 is 2.68 bits per heavy atom. The Balaban J connectivity index is 1.31. The second-order valence-electron chi connectivity index (χ2n) is 9.11. The number of carbonyl (C=O) groups is 4. The number of likely N-dealkylation sites (tertiary alicyclic amines) is 1. The van der Waals surface area contributed by atoms with Crippen LogP contribution >= 0.6 is 11.3 Å². The number of nitrogens with one attached hydrogen (secondary N) is 2. The van der Waals surface area contributed by atoms with Crippen LogP contribution in [-0.4, -0.2) is 70.7 Å². The fraction of sp³-hybridized carbons (Fsp3) is 0.636. The summed E-state index contributed by atoms with van der Waals surface area (Å²) in [4.78, 5) is 55.9. The van der Waals surface area contributed by atoms with Crippen LogP contribution in [0.4, 0.5) is 0 Å². The summed E-state index contributed by atoms with van der Waals surface area (Å²) in [6.07, 6.45) is 6.16. The molecule has 1 saturated carbocycles. The van der Waals surface area contributed by atoms with Crippen LogP contribution in [-0.2, 0) is 14.4 Å². The third kappa shape index (κ3) is 3.73. The first-order valence-corrected chi connectivity index (χ1v) is 12.2. The summed E-state index contributed by atoms with van der Waals surface area (Å²) in [5.74, 6) is -0.448. The zero-order chi connectivity index (χ0) is 21.5. The van der Waals surface area contributed by atoms with Crippen molar-refractivity contribution in [3.63, 3.8) is 0 Å². The van der Waals surface area contributed by atoms with Crippen LogP contribution in [0.1, 0.15) is 54.6 Å². The average molecular weight is 445 g/mol. The fourth-order valence-electron chi connectivity index (χ4n) is 5.58. The van der Waals surface area contributed by atoms with E-state index in [2.05, 4.69) is 10.6 Å². The number of fused-ring (bicyclic) bond motifs is 2. The van der Waals surface area contributed by atoms with Gasteiger partial charge >= 0.3 is 0 Å². The van der Waals surface area contributed by atoms with Crippen molar-refractivity contribution in [2.24, 2.45) is 5.92 Å². The van der Waals surface area contributed by atoms with E-state index in [0.29, 0.717) is 30.8 Å². The van der Waals surface area contributed by atoms with E-state index >= 15 is 0 Å². The molecule has 166 valence electrons. The van der Waals surface area contributed by atoms with Crippen molar-refractivity contribution >= 4 is 35.0 Å². The maximum atomic E-state index is 13.5. The molecule has 0 spiro atoms. The van der Waals surface area contributed by atoms with Gasteiger partial charge in [0.1, 0.15) is 12.1 Å². The highest BCUT2D eigenvalue weighted by molar-refractivity contribution is 7.12. The number of thiophene rings is 1. The van der Waals surface area contributed by atoms with Gasteiger partial charge in [-0.1, -0.05) is 25.3 Å². The Morgan fingerprint density at radius 2 is 1.94 bits per heavy atom. The molecule has 9 heteroatoms. The Morgan fingerprint density at radius 1 is 1.13 bits per heavy atom. The van der Waals surface area contributed by atoms with Crippen molar-refractivity contribution in [2.45, 2.75) is 69.1 Å². The summed E-state index contributed by atoms with van der Waals surface area (Å²) < 4.78 is 0. The molecule has 5 rings (SSSR count). The molecule has 1 aromatic heterocycles. The lowest BCUT2D eigenvalue weighted by Gasteiger charge is -2.29. The van der Waals surface area contributed by atoms with Gasteiger partial charge in [-0.05, 0) is 37.1 Å². The van der Waals surface area contributed by atoms with Crippen molar-refractivity contribution in [1.82, 2.24) is 20.4 Å². The van der Waals surface area contributed by atoms with Crippen LogP contribution < -0.4 is 10.6 Å². The third-order valence-electron chi connectivity index (χ3n) is 7.18. The lowest BCUT2D eigenvalue weighted by Crippen LogP contribution is -2.52. The largest absolute Gasteiger partial charge is 0.351 e. The molecule has 1 aliphatic carbocycles. The molecule has 3 aliphatic heterocycles. The van der Waals surface area contributed by atoms with Gasteiger partial charge in [0.05, 0.1) is 10.9 Å². The van der Waals surface area contributed by atoms with E-state index in [0.717, 1.165) is 25.7 Å². The topological polar surface area (TPSA) is 98.8 Å². The molecule has 4 heterocycles. The van der Waals surface area contributed by atoms with Gasteiger partial charge in [0, 0.05) is 25.0 Å². The van der Waals surface area contributed by atoms with Gasteiger partial charge in [-0.2, -0.15) is 0 Å². The molecule has 31 heavy (non-hydrogen) atoms. The van der Waals surface area contributed by atoms with Crippen molar-refractivity contribution in [2.75, 3.05) is 13.1 Å². The van der Waals surface area contributed by atoms with Crippen LogP contribution in [0.2, 0.25) is 0 Å². The summed E-state index contributed by atoms with van der Waals surface area (Å²) in [5.41, 5.74) is 0. The Bertz CT molecular complexity index is 882. The number of nitrogens with zero attached hydrogens (tertiary/aromatic N) is 2. The van der Waals surface area contributed by atoms with Gasteiger partial charge in [0.25, 0.3) is 5.91 Å². The maximum Gasteiger partial charge on any atom is 0.264 e. The van der Waals surface area contributed by atoms with E-state index < -0.39 is 12.1 Å². The van der Waals surface area contributed by atoms with E-state index in [1.54, 1.807) is 15.9 Å². The summed E-state index contributed by atoms with van der Waals surface area (Å²) in [7, 11) is 0. The zero-order valence-electron chi connectivity index (χ0n) is 17.4. The summed E-state index contributed by atoms with van der Waals surface area (Å²) in [6.45, 7) is 0.762. The molecule has 8 nitrogen and oxygen atoms in total. The van der Waals surface area contributed by atoms with E-state index in [4.69, 9.17) is 0 Å². The van der Waals surface area contributed by atoms with E-state index in [1.165, 1.54) is 17.8 Å². The number of amides is 4. The second kappa shape index (κ2) is 8.26. The summed E-state index contributed by atoms with van der Waals surface area (Å²) >= 11 is 1.35. The van der Waals surface area contributed by atoms with Crippen molar-refractivity contribution in [1.29, 1.82) is 0 Å². The second-order valence-corrected chi connectivity index (χ2v) is 10.1. The van der Waals surface area contributed by atoms with Crippen molar-refractivity contribution in [3.8, 4) is 0 Å². The minimum atomic E-state index is -0.684. The molecule has 4 amide bonds. The Hall–Kier alpha value is -2.42. The molecular formula is C22H28N4O4S. The number of rotatable bonds is 3. The van der Waals surface area contributed by atoms with Crippen LogP contribution in [0.15, 0.2) is 17.5 Å². The highest BCUT2D eigenvalue weighted by Crippen LogP contribution is 2.31. The Kier molecular flexibility index (Phi) is 5.45. The minimum Gasteiger partial charge on any atom is -0.351 e. The lowest BCUT2D eigenvalue weighted by molar-refractivity contribution is -0.138. The molecule has 0 radical (unpaired) electrons. The lowest BCUT2D eigenvalue weighted by atomic mass is 9.88. The first-order valence-electron chi connectivity index (χ1n) is 11.3. The van der Waals surface area contributed by atoms with E-state index in [-0.39, 0.29) is 41.6 Å². The van der Waals surface area contributed by atoms with Gasteiger partial charge in [-0.3, -0.25) is 19.2 Å². The quantitative estimate of drug-likeness (QED) is 0.730. The maximum absolute atomic E-state index is 13.5. The standard InChI is InChI=1S/C22H28N4O4S/c27-19(13-5-2-1-3-6-13)23-14-11-16-20(28)24-15-8-9-25(18(15)22(30)26(16)12-14)21(29)17-7-4-10-31-17/h4,7,10,13-16,18H,1-3,5-6,8-9,11-12H2,(H,23,27)(H,24,28). The molecule has 0 aromatic carbocycles. The fourth-order valence-corrected chi connectivity index (χ4v) is 6.26. The third-order valence-corrected chi connectivity index (χ3v) is 8.04. The smallest absolute Gasteiger partial charge is 0.264 e. The molecule has 3 saturated heterocycles. The predicted octanol–water partition coefficient (Wildman–Crippen LogP) is 1.13. The van der Waals surface area contributed by atoms with Crippen LogP contribution in [0.3, 0.4) is 0 Å². The van der Waals surface area contributed by atoms with E-state index in [1.807, 2.05) is 11.4 Å². The van der Waals surface area contributed by atoms with Gasteiger partial charge in [-0.25, -0.2) is 0 Å². The van der Waals surface area contributed by atoms with Gasteiger partial charge in [0.15, 0.2) is 0 Å². The van der Waals surface area contributed by atoms with Crippen LogP contribution in [0.5, 0.6) is 0 Å². The molecular weight excluding hydrogens is 416 g/mol. The van der Waals surface area contributed by atoms with Crippen molar-refractivity contribution in [3.05, 3.63) is 22.4 Å². The molecule has 2 N–H and O–H groups in total. The molecule has 4 unspecified atom stereocenters. The number of hydrogen-bond acceptors (Lipinski definition) is 5. The number of carbonyl (C=O) groups excluding carboxylic acids is 4. The van der Waals surface area contributed by atoms with Crippen LogP contribution in [0, 0.1) is 5.92 Å². The monoisotopic (exact) mass is 444 g/mol. The Labute approximate surface area is 185 Å². The highest BCUT2D eigenvalue weighted by Gasteiger charge is 2.52. The normalized spacial score (nSPS) is 31.1. The van der Waals surface area contributed by atoms with Gasteiger partial charge < -0.3 is 20.4 Å². The SMILES string of the molecule is O=C(NC1CC2C(=O)NC3CCN(C(=O)c4cccs4)C3C(=O)N2C1)C1CCCCC1. The first kappa shape index (κ1) is 20.5. The predicted molar refractivity (Wildman–Crippen MR) is 114 cm³/mol. The first-order chi connectivity index (χ1) is 15.0. The minimum absolute atomic E-state index is 0.0387. The van der Waals surface area contributed by atoms with Gasteiger partial charge in [0.2, 0.25) is 17.7 Å². The summed E-state index contributed by atoms with van der Waals surface area (Å²) in [5, 5.41) is 7.94. The highest BCUT2D eigenvalue weighted by atomic mass is 32.1. The molecule has 4 atom stereocenters.